The molecule has 23 heavy (non-hydrogen) atoms. The Kier molecular flexibility index (Phi) is 4.45. The lowest BCUT2D eigenvalue weighted by atomic mass is 10.1. The summed E-state index contributed by atoms with van der Waals surface area (Å²) in [6.45, 7) is 0. The van der Waals surface area contributed by atoms with Crippen molar-refractivity contribution in [3.63, 3.8) is 0 Å². The first kappa shape index (κ1) is 15.7. The number of hydrogen-bond acceptors (Lipinski definition) is 3. The highest BCUT2D eigenvalue weighted by Crippen LogP contribution is 2.24. The normalized spacial score (nSPS) is 13.6. The molecule has 0 atom stereocenters. The second-order valence-corrected chi connectivity index (χ2v) is 7.28. The van der Waals surface area contributed by atoms with Gasteiger partial charge in [-0.1, -0.05) is 36.4 Å². The van der Waals surface area contributed by atoms with Crippen LogP contribution in [0.5, 0.6) is 0 Å². The van der Waals surface area contributed by atoms with Crippen molar-refractivity contribution in [2.24, 2.45) is 0 Å². The number of sulfonamides is 1. The van der Waals surface area contributed by atoms with E-state index < -0.39 is 15.9 Å². The van der Waals surface area contributed by atoms with Crippen LogP contribution in [0.2, 0.25) is 0 Å². The lowest BCUT2D eigenvalue weighted by Gasteiger charge is -2.10. The third-order valence-electron chi connectivity index (χ3n) is 3.91. The summed E-state index contributed by atoms with van der Waals surface area (Å²) < 4.78 is 24.5. The van der Waals surface area contributed by atoms with Crippen molar-refractivity contribution in [2.75, 3.05) is 0 Å². The lowest BCUT2D eigenvalue weighted by Crippen LogP contribution is -2.42. The maximum atomic E-state index is 12.3. The number of hydrogen-bond donors (Lipinski definition) is 2. The van der Waals surface area contributed by atoms with Gasteiger partial charge in [0.15, 0.2) is 0 Å². The van der Waals surface area contributed by atoms with Crippen LogP contribution in [0, 0.1) is 0 Å². The zero-order valence-electron chi connectivity index (χ0n) is 12.6. The predicted octanol–water partition coefficient (Wildman–Crippen LogP) is 1.73. The Labute approximate surface area is 135 Å². The van der Waals surface area contributed by atoms with Crippen LogP contribution in [-0.2, 0) is 34.1 Å². The number of fused-ring (bicyclic) bond motifs is 1. The van der Waals surface area contributed by atoms with Gasteiger partial charge in [0, 0.05) is 0 Å². The minimum Gasteiger partial charge on any atom is -0.277 e. The molecule has 2 N–H and O–H groups in total. The number of aryl methyl sites for hydroxylation is 2. The topological polar surface area (TPSA) is 75.3 Å². The molecule has 0 heterocycles. The monoisotopic (exact) mass is 330 g/mol. The minimum absolute atomic E-state index is 0.119. The molecule has 1 aliphatic rings. The fourth-order valence-electron chi connectivity index (χ4n) is 2.72. The van der Waals surface area contributed by atoms with Crippen molar-refractivity contribution in [1.29, 1.82) is 0 Å². The number of nitrogens with one attached hydrogen (secondary N) is 2. The molecule has 3 rings (SSSR count). The summed E-state index contributed by atoms with van der Waals surface area (Å²) in [6, 6.07) is 14.3. The van der Waals surface area contributed by atoms with E-state index in [1.165, 1.54) is 5.56 Å². The molecule has 1 amide bonds. The Morgan fingerprint density at radius 3 is 2.52 bits per heavy atom. The number of rotatable bonds is 5. The first-order chi connectivity index (χ1) is 11.0. The van der Waals surface area contributed by atoms with Crippen LogP contribution in [0.15, 0.2) is 53.4 Å². The highest BCUT2D eigenvalue weighted by Gasteiger charge is 2.19. The molecule has 0 aromatic heterocycles. The standard InChI is InChI=1S/C17H18N2O3S/c20-17(11-13-5-2-1-3-6-13)18-19-23(21,22)16-10-9-14-7-4-8-15(14)12-16/h1-3,5-6,9-10,12,19H,4,7-8,11H2,(H,18,20). The Hall–Kier alpha value is -2.18. The molecular weight excluding hydrogens is 312 g/mol. The van der Waals surface area contributed by atoms with Crippen molar-refractivity contribution in [1.82, 2.24) is 10.3 Å². The molecule has 1 aliphatic carbocycles. The molecule has 0 saturated heterocycles. The molecule has 0 bridgehead atoms. The minimum atomic E-state index is -3.75. The first-order valence-electron chi connectivity index (χ1n) is 7.51. The smallest absolute Gasteiger partial charge is 0.257 e. The van der Waals surface area contributed by atoms with Gasteiger partial charge < -0.3 is 0 Å². The fraction of sp³-hybridized carbons (Fsp3) is 0.235. The average molecular weight is 330 g/mol. The molecule has 6 heteroatoms. The highest BCUT2D eigenvalue weighted by molar-refractivity contribution is 7.89. The summed E-state index contributed by atoms with van der Waals surface area (Å²) in [5.41, 5.74) is 5.36. The molecule has 2 aromatic rings. The SMILES string of the molecule is O=C(Cc1ccccc1)NNS(=O)(=O)c1ccc2c(c1)CCC2. The van der Waals surface area contributed by atoms with Gasteiger partial charge in [0.1, 0.15) is 0 Å². The van der Waals surface area contributed by atoms with Crippen molar-refractivity contribution in [3.8, 4) is 0 Å². The number of carbonyl (C=O) groups excluding carboxylic acids is 1. The summed E-state index contributed by atoms with van der Waals surface area (Å²) >= 11 is 0. The molecule has 5 nitrogen and oxygen atoms in total. The number of carbonyl (C=O) groups is 1. The van der Waals surface area contributed by atoms with E-state index in [1.807, 2.05) is 36.4 Å². The van der Waals surface area contributed by atoms with E-state index in [9.17, 15) is 13.2 Å². The quantitative estimate of drug-likeness (QED) is 0.820. The fourth-order valence-corrected chi connectivity index (χ4v) is 3.63. The van der Waals surface area contributed by atoms with E-state index in [0.717, 1.165) is 30.4 Å². The second-order valence-electron chi connectivity index (χ2n) is 5.60. The lowest BCUT2D eigenvalue weighted by molar-refractivity contribution is -0.120. The summed E-state index contributed by atoms with van der Waals surface area (Å²) in [5, 5.41) is 0. The van der Waals surface area contributed by atoms with E-state index in [1.54, 1.807) is 12.1 Å². The number of benzene rings is 2. The molecule has 0 unspecified atom stereocenters. The Morgan fingerprint density at radius 2 is 1.74 bits per heavy atom. The van der Waals surface area contributed by atoms with Gasteiger partial charge in [-0.05, 0) is 48.1 Å². The number of hydrazine groups is 1. The van der Waals surface area contributed by atoms with Crippen LogP contribution in [0.3, 0.4) is 0 Å². The van der Waals surface area contributed by atoms with Crippen LogP contribution < -0.4 is 10.3 Å². The summed E-state index contributed by atoms with van der Waals surface area (Å²) in [7, 11) is -3.75. The van der Waals surface area contributed by atoms with E-state index in [0.29, 0.717) is 0 Å². The molecule has 0 aliphatic heterocycles. The van der Waals surface area contributed by atoms with Crippen LogP contribution in [0.1, 0.15) is 23.1 Å². The molecule has 0 radical (unpaired) electrons. The Morgan fingerprint density at radius 1 is 1.00 bits per heavy atom. The van der Waals surface area contributed by atoms with E-state index >= 15 is 0 Å². The molecule has 120 valence electrons. The van der Waals surface area contributed by atoms with Gasteiger partial charge in [-0.15, -0.1) is 4.83 Å². The molecule has 0 spiro atoms. The third kappa shape index (κ3) is 3.78. The van der Waals surface area contributed by atoms with Gasteiger partial charge in [0.05, 0.1) is 11.3 Å². The van der Waals surface area contributed by atoms with E-state index in [4.69, 9.17) is 0 Å². The maximum Gasteiger partial charge on any atom is 0.257 e. The Bertz CT molecular complexity index is 817. The van der Waals surface area contributed by atoms with E-state index in [2.05, 4.69) is 10.3 Å². The third-order valence-corrected chi connectivity index (χ3v) is 5.16. The second kappa shape index (κ2) is 6.52. The molecule has 0 fully saturated rings. The average Bonchev–Trinajstić information content (AvgIpc) is 3.02. The van der Waals surface area contributed by atoms with E-state index in [-0.39, 0.29) is 11.3 Å². The van der Waals surface area contributed by atoms with Crippen molar-refractivity contribution in [2.45, 2.75) is 30.6 Å². The van der Waals surface area contributed by atoms with Crippen LogP contribution >= 0.6 is 0 Å². The first-order valence-corrected chi connectivity index (χ1v) is 8.99. The molecule has 0 saturated carbocycles. The zero-order chi connectivity index (χ0) is 16.3. The summed E-state index contributed by atoms with van der Waals surface area (Å²) in [5.74, 6) is -0.402. The van der Waals surface area contributed by atoms with Crippen molar-refractivity contribution >= 4 is 15.9 Å². The zero-order valence-corrected chi connectivity index (χ0v) is 13.4. The van der Waals surface area contributed by atoms with Gasteiger partial charge in [-0.2, -0.15) is 0 Å². The van der Waals surface area contributed by atoms with Gasteiger partial charge in [-0.25, -0.2) is 8.42 Å². The molecular formula is C17H18N2O3S. The summed E-state index contributed by atoms with van der Waals surface area (Å²) in [4.78, 5) is 14.2. The van der Waals surface area contributed by atoms with Crippen molar-refractivity contribution in [3.05, 3.63) is 65.2 Å². The Balaban J connectivity index is 1.64. The van der Waals surface area contributed by atoms with Crippen LogP contribution in [0.25, 0.3) is 0 Å². The van der Waals surface area contributed by atoms with Gasteiger partial charge >= 0.3 is 0 Å². The van der Waals surface area contributed by atoms with Gasteiger partial charge in [0.2, 0.25) is 5.91 Å². The summed E-state index contributed by atoms with van der Waals surface area (Å²) in [6.07, 6.45) is 3.07. The highest BCUT2D eigenvalue weighted by atomic mass is 32.2. The van der Waals surface area contributed by atoms with Crippen LogP contribution in [-0.4, -0.2) is 14.3 Å². The van der Waals surface area contributed by atoms with Gasteiger partial charge in [0.25, 0.3) is 10.0 Å². The van der Waals surface area contributed by atoms with Gasteiger partial charge in [-0.3, -0.25) is 10.2 Å². The largest absolute Gasteiger partial charge is 0.277 e. The predicted molar refractivity (Wildman–Crippen MR) is 87.1 cm³/mol. The van der Waals surface area contributed by atoms with Crippen LogP contribution in [0.4, 0.5) is 0 Å². The number of amides is 1. The molecule has 2 aromatic carbocycles. The van der Waals surface area contributed by atoms with Crippen molar-refractivity contribution < 1.29 is 13.2 Å². The maximum absolute atomic E-state index is 12.3.